The highest BCUT2D eigenvalue weighted by atomic mass is 79.9. The van der Waals surface area contributed by atoms with E-state index in [1.807, 2.05) is 30.3 Å². The Morgan fingerprint density at radius 1 is 1.16 bits per heavy atom. The topological polar surface area (TPSA) is 89.9 Å². The maximum atomic E-state index is 12.2. The molecule has 0 radical (unpaired) electrons. The number of amides is 1. The van der Waals surface area contributed by atoms with Crippen molar-refractivity contribution in [3.63, 3.8) is 0 Å². The Bertz CT molecular complexity index is 1080. The van der Waals surface area contributed by atoms with Gasteiger partial charge in [0.2, 0.25) is 5.88 Å². The number of nitrogens with one attached hydrogen (secondary N) is 1. The Morgan fingerprint density at radius 2 is 2.08 bits per heavy atom. The number of carbonyl (C=O) groups excluding carboxylic acids is 1. The number of hydrogen-bond acceptors (Lipinski definition) is 7. The Labute approximate surface area is 154 Å². The lowest BCUT2D eigenvalue weighted by Crippen LogP contribution is -2.20. The largest absolute Gasteiger partial charge is 0.467 e. The number of aromatic nitrogens is 4. The monoisotopic (exact) mass is 415 g/mol. The van der Waals surface area contributed by atoms with Crippen LogP contribution in [0.2, 0.25) is 0 Å². The van der Waals surface area contributed by atoms with Gasteiger partial charge in [-0.05, 0) is 30.3 Å². The van der Waals surface area contributed by atoms with Gasteiger partial charge in [0.15, 0.2) is 6.61 Å². The summed E-state index contributed by atoms with van der Waals surface area (Å²) in [6.07, 6.45) is 1.41. The van der Waals surface area contributed by atoms with Gasteiger partial charge in [0, 0.05) is 4.47 Å². The number of halogens is 1. The van der Waals surface area contributed by atoms with Gasteiger partial charge >= 0.3 is 0 Å². The van der Waals surface area contributed by atoms with Crippen molar-refractivity contribution in [1.29, 1.82) is 0 Å². The third kappa shape index (κ3) is 3.28. The molecule has 0 saturated carbocycles. The number of carbonyl (C=O) groups is 1. The molecule has 4 rings (SSSR count). The number of anilines is 1. The fourth-order valence-electron chi connectivity index (χ4n) is 2.35. The summed E-state index contributed by atoms with van der Waals surface area (Å²) in [5, 5.41) is 3.52. The Hall–Kier alpha value is -2.65. The fourth-order valence-corrected chi connectivity index (χ4v) is 3.26. The van der Waals surface area contributed by atoms with Crippen LogP contribution in [0.25, 0.3) is 21.9 Å². The van der Waals surface area contributed by atoms with E-state index >= 15 is 0 Å². The predicted octanol–water partition coefficient (Wildman–Crippen LogP) is 3.41. The third-order valence-electron chi connectivity index (χ3n) is 3.46. The minimum atomic E-state index is -0.303. The van der Waals surface area contributed by atoms with Gasteiger partial charge in [0.05, 0.1) is 28.3 Å². The average molecular weight is 416 g/mol. The molecule has 0 atom stereocenters. The molecule has 124 valence electrons. The van der Waals surface area contributed by atoms with Crippen LogP contribution in [-0.4, -0.2) is 31.2 Å². The van der Waals surface area contributed by atoms with Gasteiger partial charge in [-0.15, -0.1) is 0 Å². The number of hydrogen-bond donors (Lipinski definition) is 1. The van der Waals surface area contributed by atoms with Crippen molar-refractivity contribution in [1.82, 2.24) is 18.7 Å². The molecule has 2 aromatic heterocycles. The van der Waals surface area contributed by atoms with E-state index in [1.54, 1.807) is 6.07 Å². The summed E-state index contributed by atoms with van der Waals surface area (Å²) in [6, 6.07) is 11.0. The smallest absolute Gasteiger partial charge is 0.262 e. The van der Waals surface area contributed by atoms with Gasteiger partial charge in [0.1, 0.15) is 17.4 Å². The van der Waals surface area contributed by atoms with Gasteiger partial charge in [-0.3, -0.25) is 4.79 Å². The number of ether oxygens (including phenoxy) is 1. The zero-order chi connectivity index (χ0) is 17.2. The average Bonchev–Trinajstić information content (AvgIpc) is 3.10. The molecular formula is C16H10BrN5O2S. The SMILES string of the molecule is O=C(COc1ncnc2ccc(Br)cc12)Nc1cccc2nsnc12. The van der Waals surface area contributed by atoms with E-state index in [-0.39, 0.29) is 12.5 Å². The van der Waals surface area contributed by atoms with Crippen LogP contribution in [0.1, 0.15) is 0 Å². The van der Waals surface area contributed by atoms with Crippen LogP contribution >= 0.6 is 27.7 Å². The highest BCUT2D eigenvalue weighted by molar-refractivity contribution is 9.10. The van der Waals surface area contributed by atoms with Gasteiger partial charge < -0.3 is 10.1 Å². The van der Waals surface area contributed by atoms with Crippen molar-refractivity contribution >= 4 is 61.2 Å². The fraction of sp³-hybridized carbons (Fsp3) is 0.0625. The second kappa shape index (κ2) is 6.69. The lowest BCUT2D eigenvalue weighted by molar-refractivity contribution is -0.118. The highest BCUT2D eigenvalue weighted by Crippen LogP contribution is 2.25. The molecule has 0 fully saturated rings. The normalized spacial score (nSPS) is 10.9. The van der Waals surface area contributed by atoms with Crippen molar-refractivity contribution in [3.8, 4) is 5.88 Å². The van der Waals surface area contributed by atoms with Gasteiger partial charge in [-0.2, -0.15) is 8.75 Å². The lowest BCUT2D eigenvalue weighted by atomic mass is 10.2. The first-order valence-corrected chi connectivity index (χ1v) is 8.77. The van der Waals surface area contributed by atoms with Crippen molar-refractivity contribution < 1.29 is 9.53 Å². The molecule has 0 spiro atoms. The van der Waals surface area contributed by atoms with E-state index in [0.29, 0.717) is 17.1 Å². The van der Waals surface area contributed by atoms with Crippen LogP contribution in [0, 0.1) is 0 Å². The van der Waals surface area contributed by atoms with E-state index in [4.69, 9.17) is 4.74 Å². The van der Waals surface area contributed by atoms with Crippen LogP contribution in [-0.2, 0) is 4.79 Å². The summed E-state index contributed by atoms with van der Waals surface area (Å²) < 4.78 is 14.8. The van der Waals surface area contributed by atoms with Crippen LogP contribution < -0.4 is 10.1 Å². The molecule has 1 amide bonds. The third-order valence-corrected chi connectivity index (χ3v) is 4.50. The van der Waals surface area contributed by atoms with Crippen molar-refractivity contribution in [2.24, 2.45) is 0 Å². The molecule has 0 aliphatic carbocycles. The quantitative estimate of drug-likeness (QED) is 0.549. The van der Waals surface area contributed by atoms with Crippen molar-refractivity contribution in [2.75, 3.05) is 11.9 Å². The van der Waals surface area contributed by atoms with E-state index in [9.17, 15) is 4.79 Å². The van der Waals surface area contributed by atoms with E-state index in [2.05, 4.69) is 40.0 Å². The maximum Gasteiger partial charge on any atom is 0.262 e. The summed E-state index contributed by atoms with van der Waals surface area (Å²) in [4.78, 5) is 20.5. The number of fused-ring (bicyclic) bond motifs is 2. The Morgan fingerprint density at radius 3 is 3.00 bits per heavy atom. The van der Waals surface area contributed by atoms with Gasteiger partial charge in [0.25, 0.3) is 5.91 Å². The molecule has 4 aromatic rings. The van der Waals surface area contributed by atoms with Crippen molar-refractivity contribution in [3.05, 3.63) is 47.2 Å². The lowest BCUT2D eigenvalue weighted by Gasteiger charge is -2.09. The number of rotatable bonds is 4. The molecule has 25 heavy (non-hydrogen) atoms. The molecule has 0 unspecified atom stereocenters. The van der Waals surface area contributed by atoms with Gasteiger partial charge in [-0.1, -0.05) is 22.0 Å². The second-order valence-corrected chi connectivity index (χ2v) is 6.56. The van der Waals surface area contributed by atoms with Crippen LogP contribution in [0.4, 0.5) is 5.69 Å². The first kappa shape index (κ1) is 15.9. The molecule has 0 saturated heterocycles. The molecule has 9 heteroatoms. The summed E-state index contributed by atoms with van der Waals surface area (Å²) in [6.45, 7) is -0.174. The molecule has 7 nitrogen and oxygen atoms in total. The molecule has 1 N–H and O–H groups in total. The molecular weight excluding hydrogens is 406 g/mol. The minimum absolute atomic E-state index is 0.174. The first-order chi connectivity index (χ1) is 12.2. The minimum Gasteiger partial charge on any atom is -0.467 e. The molecule has 2 heterocycles. The predicted molar refractivity (Wildman–Crippen MR) is 98.8 cm³/mol. The van der Waals surface area contributed by atoms with Crippen LogP contribution in [0.5, 0.6) is 5.88 Å². The summed E-state index contributed by atoms with van der Waals surface area (Å²) in [7, 11) is 0. The van der Waals surface area contributed by atoms with Crippen LogP contribution in [0.15, 0.2) is 47.2 Å². The van der Waals surface area contributed by atoms with Crippen molar-refractivity contribution in [2.45, 2.75) is 0 Å². The molecule has 0 aliphatic rings. The van der Waals surface area contributed by atoms with E-state index < -0.39 is 0 Å². The first-order valence-electron chi connectivity index (χ1n) is 7.25. The van der Waals surface area contributed by atoms with E-state index in [1.165, 1.54) is 6.33 Å². The highest BCUT2D eigenvalue weighted by Gasteiger charge is 2.11. The Balaban J connectivity index is 1.51. The summed E-state index contributed by atoms with van der Waals surface area (Å²) in [5.41, 5.74) is 2.76. The number of benzene rings is 2. The zero-order valence-corrected chi connectivity index (χ0v) is 15.0. The second-order valence-electron chi connectivity index (χ2n) is 5.11. The Kier molecular flexibility index (Phi) is 4.24. The van der Waals surface area contributed by atoms with Gasteiger partial charge in [-0.25, -0.2) is 9.97 Å². The number of nitrogens with zero attached hydrogens (tertiary/aromatic N) is 4. The maximum absolute atomic E-state index is 12.2. The zero-order valence-electron chi connectivity index (χ0n) is 12.6. The molecule has 0 aliphatic heterocycles. The summed E-state index contributed by atoms with van der Waals surface area (Å²) in [5.74, 6) is 0.0530. The molecule has 0 bridgehead atoms. The standard InChI is InChI=1S/C16H10BrN5O2S/c17-9-4-5-11-10(6-9)16(19-8-18-11)24-7-14(23)20-12-2-1-3-13-15(12)22-25-21-13/h1-6,8H,7H2,(H,20,23). The van der Waals surface area contributed by atoms with Crippen LogP contribution in [0.3, 0.4) is 0 Å². The van der Waals surface area contributed by atoms with E-state index in [0.717, 1.165) is 32.6 Å². The molecule has 2 aromatic carbocycles. The summed E-state index contributed by atoms with van der Waals surface area (Å²) >= 11 is 4.51.